The van der Waals surface area contributed by atoms with E-state index in [-0.39, 0.29) is 0 Å². The van der Waals surface area contributed by atoms with Gasteiger partial charge in [-0.3, -0.25) is 25.0 Å². The Morgan fingerprint density at radius 3 is 2.65 bits per heavy atom. The molecule has 0 amide bonds. The number of imidazole rings is 1. The van der Waals surface area contributed by atoms with Gasteiger partial charge >= 0.3 is 0 Å². The molecule has 0 aliphatic carbocycles. The van der Waals surface area contributed by atoms with E-state index in [0.717, 1.165) is 62.3 Å². The molecule has 0 saturated carbocycles. The summed E-state index contributed by atoms with van der Waals surface area (Å²) >= 11 is 0. The summed E-state index contributed by atoms with van der Waals surface area (Å²) in [5.41, 5.74) is 7.78. The molecule has 9 heteroatoms. The third-order valence-corrected chi connectivity index (χ3v) is 5.60. The Bertz CT molecular complexity index is 1620. The molecular weight excluding hydrogens is 426 g/mol. The monoisotopic (exact) mass is 447 g/mol. The summed E-state index contributed by atoms with van der Waals surface area (Å²) in [6.07, 6.45) is 10.8. The van der Waals surface area contributed by atoms with Crippen LogP contribution < -0.4 is 0 Å². The number of pyridine rings is 4. The lowest BCUT2D eigenvalue weighted by molar-refractivity contribution is 0.402. The highest BCUT2D eigenvalue weighted by atomic mass is 15.1. The second-order valence-electron chi connectivity index (χ2n) is 8.39. The molecule has 0 aliphatic rings. The van der Waals surface area contributed by atoms with E-state index < -0.39 is 0 Å². The van der Waals surface area contributed by atoms with E-state index in [1.807, 2.05) is 50.8 Å². The molecule has 6 heterocycles. The molecular formula is C25H21N9. The minimum absolute atomic E-state index is 0.656. The first-order chi connectivity index (χ1) is 16.7. The molecule has 0 saturated heterocycles. The molecule has 6 rings (SSSR count). The Labute approximate surface area is 195 Å². The summed E-state index contributed by atoms with van der Waals surface area (Å²) in [5, 5.41) is 8.53. The fourth-order valence-corrected chi connectivity index (χ4v) is 4.09. The van der Waals surface area contributed by atoms with Crippen LogP contribution in [0.2, 0.25) is 0 Å². The molecule has 2 N–H and O–H groups in total. The predicted octanol–water partition coefficient (Wildman–Crippen LogP) is 4.08. The minimum atomic E-state index is 0.656. The van der Waals surface area contributed by atoms with Gasteiger partial charge in [-0.15, -0.1) is 0 Å². The van der Waals surface area contributed by atoms with Crippen molar-refractivity contribution in [2.24, 2.45) is 0 Å². The van der Waals surface area contributed by atoms with E-state index in [1.54, 1.807) is 24.8 Å². The number of nitrogens with one attached hydrogen (secondary N) is 2. The van der Waals surface area contributed by atoms with Crippen LogP contribution >= 0.6 is 0 Å². The second-order valence-corrected chi connectivity index (χ2v) is 8.39. The van der Waals surface area contributed by atoms with Gasteiger partial charge in [-0.1, -0.05) is 6.07 Å². The van der Waals surface area contributed by atoms with Crippen LogP contribution in [0, 0.1) is 0 Å². The van der Waals surface area contributed by atoms with Crippen molar-refractivity contribution in [1.82, 2.24) is 45.0 Å². The molecule has 0 radical (unpaired) electrons. The Hall–Kier alpha value is -4.50. The molecule has 0 unspecified atom stereocenters. The summed E-state index contributed by atoms with van der Waals surface area (Å²) in [5.74, 6) is 0.656. The first-order valence-corrected chi connectivity index (χ1v) is 10.8. The average Bonchev–Trinajstić information content (AvgIpc) is 3.48. The van der Waals surface area contributed by atoms with Crippen molar-refractivity contribution in [3.05, 3.63) is 73.1 Å². The molecule has 9 nitrogen and oxygen atoms in total. The van der Waals surface area contributed by atoms with Gasteiger partial charge in [0.05, 0.1) is 34.8 Å². The fraction of sp³-hybridized carbons (Fsp3) is 0.120. The van der Waals surface area contributed by atoms with Crippen LogP contribution in [0.25, 0.3) is 56.0 Å². The Kier molecular flexibility index (Phi) is 4.81. The number of fused-ring (bicyclic) bond motifs is 2. The molecule has 34 heavy (non-hydrogen) atoms. The van der Waals surface area contributed by atoms with E-state index in [9.17, 15) is 0 Å². The van der Waals surface area contributed by atoms with Crippen LogP contribution in [-0.2, 0) is 6.54 Å². The number of H-pyrrole nitrogens is 2. The van der Waals surface area contributed by atoms with Crippen molar-refractivity contribution >= 4 is 21.9 Å². The third kappa shape index (κ3) is 3.57. The van der Waals surface area contributed by atoms with Gasteiger partial charge in [0.25, 0.3) is 0 Å². The van der Waals surface area contributed by atoms with E-state index in [0.29, 0.717) is 5.82 Å². The van der Waals surface area contributed by atoms with Crippen molar-refractivity contribution in [1.29, 1.82) is 0 Å². The lowest BCUT2D eigenvalue weighted by atomic mass is 10.1. The maximum atomic E-state index is 4.87. The molecule has 166 valence electrons. The normalized spacial score (nSPS) is 11.6. The first kappa shape index (κ1) is 20.1. The molecule has 0 aliphatic heterocycles. The average molecular weight is 448 g/mol. The predicted molar refractivity (Wildman–Crippen MR) is 131 cm³/mol. The number of rotatable bonds is 5. The maximum Gasteiger partial charge on any atom is 0.159 e. The van der Waals surface area contributed by atoms with Gasteiger partial charge in [0, 0.05) is 47.8 Å². The number of hydrogen-bond acceptors (Lipinski definition) is 7. The maximum absolute atomic E-state index is 4.87. The molecule has 0 aromatic carbocycles. The lowest BCUT2D eigenvalue weighted by Crippen LogP contribution is -2.10. The smallest absolute Gasteiger partial charge is 0.159 e. The quantitative estimate of drug-likeness (QED) is 0.409. The van der Waals surface area contributed by atoms with Gasteiger partial charge in [-0.25, -0.2) is 4.98 Å². The topological polar surface area (TPSA) is 112 Å². The molecule has 6 aromatic heterocycles. The minimum Gasteiger partial charge on any atom is -0.335 e. The summed E-state index contributed by atoms with van der Waals surface area (Å²) < 4.78 is 0. The number of aromatic amines is 2. The van der Waals surface area contributed by atoms with Crippen molar-refractivity contribution < 1.29 is 0 Å². The fourth-order valence-electron chi connectivity index (χ4n) is 4.09. The summed E-state index contributed by atoms with van der Waals surface area (Å²) in [4.78, 5) is 28.2. The summed E-state index contributed by atoms with van der Waals surface area (Å²) in [7, 11) is 4.08. The van der Waals surface area contributed by atoms with Crippen LogP contribution in [0.5, 0.6) is 0 Å². The third-order valence-electron chi connectivity index (χ3n) is 5.60. The van der Waals surface area contributed by atoms with Crippen molar-refractivity contribution in [3.63, 3.8) is 0 Å². The van der Waals surface area contributed by atoms with Crippen LogP contribution in [0.1, 0.15) is 5.56 Å². The Balaban J connectivity index is 1.45. The molecule has 6 aromatic rings. The molecule has 0 fully saturated rings. The highest BCUT2D eigenvalue weighted by Gasteiger charge is 2.17. The Morgan fingerprint density at radius 1 is 0.882 bits per heavy atom. The molecule has 0 bridgehead atoms. The van der Waals surface area contributed by atoms with Crippen LogP contribution in [-0.4, -0.2) is 59.1 Å². The van der Waals surface area contributed by atoms with Crippen molar-refractivity contribution in [2.45, 2.75) is 6.54 Å². The van der Waals surface area contributed by atoms with Crippen molar-refractivity contribution in [3.8, 4) is 34.0 Å². The number of hydrogen-bond donors (Lipinski definition) is 2. The second kappa shape index (κ2) is 8.13. The SMILES string of the molecule is CN(C)Cc1cncc(-c2cc3c(-c4nc5c(-c6ccccn6)cncc5[nH]4)n[nH]c3cn2)c1. The van der Waals surface area contributed by atoms with Gasteiger partial charge in [0.1, 0.15) is 11.2 Å². The van der Waals surface area contributed by atoms with Gasteiger partial charge < -0.3 is 9.88 Å². The van der Waals surface area contributed by atoms with Crippen molar-refractivity contribution in [2.75, 3.05) is 14.1 Å². The lowest BCUT2D eigenvalue weighted by Gasteiger charge is -2.10. The van der Waals surface area contributed by atoms with Crippen LogP contribution in [0.15, 0.2) is 67.5 Å². The van der Waals surface area contributed by atoms with Gasteiger partial charge in [-0.05, 0) is 43.9 Å². The zero-order valence-electron chi connectivity index (χ0n) is 18.7. The highest BCUT2D eigenvalue weighted by Crippen LogP contribution is 2.31. The Morgan fingerprint density at radius 2 is 1.79 bits per heavy atom. The number of aromatic nitrogens is 8. The van der Waals surface area contributed by atoms with Gasteiger partial charge in [0.15, 0.2) is 5.82 Å². The standard InChI is InChI=1S/C25H21N9/c1-34(2)14-15-7-16(10-26-9-15)20-8-17-21(13-29-20)32-33-24(17)25-30-22-12-27-11-18(23(22)31-25)19-5-3-4-6-28-19/h3-13H,14H2,1-2H3,(H,30,31)(H,32,33). The largest absolute Gasteiger partial charge is 0.335 e. The zero-order chi connectivity index (χ0) is 23.1. The molecule has 0 atom stereocenters. The summed E-state index contributed by atoms with van der Waals surface area (Å²) in [6.45, 7) is 0.811. The van der Waals surface area contributed by atoms with Gasteiger partial charge in [-0.2, -0.15) is 5.10 Å². The summed E-state index contributed by atoms with van der Waals surface area (Å²) in [6, 6.07) is 9.93. The first-order valence-electron chi connectivity index (χ1n) is 10.8. The van der Waals surface area contributed by atoms with E-state index >= 15 is 0 Å². The van der Waals surface area contributed by atoms with E-state index in [1.165, 1.54) is 0 Å². The highest BCUT2D eigenvalue weighted by molar-refractivity contribution is 5.97. The zero-order valence-corrected chi connectivity index (χ0v) is 18.7. The van der Waals surface area contributed by atoms with E-state index in [2.05, 4.69) is 46.1 Å². The number of nitrogens with zero attached hydrogens (tertiary/aromatic N) is 7. The van der Waals surface area contributed by atoms with E-state index in [4.69, 9.17) is 4.98 Å². The van der Waals surface area contributed by atoms with Crippen LogP contribution in [0.4, 0.5) is 0 Å². The van der Waals surface area contributed by atoms with Crippen LogP contribution in [0.3, 0.4) is 0 Å². The molecule has 0 spiro atoms. The van der Waals surface area contributed by atoms with Gasteiger partial charge in [0.2, 0.25) is 0 Å².